The summed E-state index contributed by atoms with van der Waals surface area (Å²) >= 11 is 5.96. The summed E-state index contributed by atoms with van der Waals surface area (Å²) in [6.07, 6.45) is 1.56. The molecule has 0 atom stereocenters. The van der Waals surface area contributed by atoms with Crippen LogP contribution in [0.4, 0.5) is 16.4 Å². The third kappa shape index (κ3) is 4.11. The van der Waals surface area contributed by atoms with Crippen LogP contribution >= 0.6 is 11.6 Å². The summed E-state index contributed by atoms with van der Waals surface area (Å²) in [5.74, 6) is 0.239. The van der Waals surface area contributed by atoms with E-state index in [1.807, 2.05) is 55.5 Å². The number of amides is 2. The van der Waals surface area contributed by atoms with Crippen LogP contribution in [-0.4, -0.2) is 20.8 Å². The fourth-order valence-electron chi connectivity index (χ4n) is 2.22. The molecular formula is C17H16ClN5O. The quantitative estimate of drug-likeness (QED) is 0.755. The standard InChI is InChI=1S/C17H16ClN5O/c1-12-5-2-3-8-15(12)20-17(24)21-16-19-11-23(22-16)10-13-6-4-7-14(18)9-13/h2-9,11H,10H2,1H3,(H2,20,21,22,24). The van der Waals surface area contributed by atoms with Crippen LogP contribution in [0.15, 0.2) is 54.9 Å². The minimum absolute atomic E-state index is 0.239. The number of carbonyl (C=O) groups is 1. The lowest BCUT2D eigenvalue weighted by atomic mass is 10.2. The second-order valence-electron chi connectivity index (χ2n) is 5.29. The zero-order chi connectivity index (χ0) is 16.9. The lowest BCUT2D eigenvalue weighted by Crippen LogP contribution is -2.20. The van der Waals surface area contributed by atoms with Gasteiger partial charge in [0.1, 0.15) is 6.33 Å². The fourth-order valence-corrected chi connectivity index (χ4v) is 2.43. The van der Waals surface area contributed by atoms with Crippen molar-refractivity contribution in [3.8, 4) is 0 Å². The number of hydrogen-bond acceptors (Lipinski definition) is 3. The van der Waals surface area contributed by atoms with Crippen LogP contribution in [0, 0.1) is 6.92 Å². The van der Waals surface area contributed by atoms with Crippen LogP contribution in [-0.2, 0) is 6.54 Å². The topological polar surface area (TPSA) is 71.8 Å². The molecule has 0 spiro atoms. The van der Waals surface area contributed by atoms with Crippen LogP contribution < -0.4 is 10.6 Å². The summed E-state index contributed by atoms with van der Waals surface area (Å²) in [4.78, 5) is 16.1. The van der Waals surface area contributed by atoms with Gasteiger partial charge in [0.15, 0.2) is 0 Å². The first-order chi connectivity index (χ1) is 11.6. The molecule has 2 amide bonds. The Morgan fingerprint density at radius 2 is 2.00 bits per heavy atom. The molecule has 122 valence electrons. The van der Waals surface area contributed by atoms with E-state index in [9.17, 15) is 4.79 Å². The zero-order valence-corrected chi connectivity index (χ0v) is 13.8. The Morgan fingerprint density at radius 1 is 1.17 bits per heavy atom. The van der Waals surface area contributed by atoms with E-state index < -0.39 is 0 Å². The third-order valence-electron chi connectivity index (χ3n) is 3.39. The van der Waals surface area contributed by atoms with Crippen molar-refractivity contribution in [1.82, 2.24) is 14.8 Å². The predicted molar refractivity (Wildman–Crippen MR) is 94.4 cm³/mol. The molecule has 0 aliphatic rings. The van der Waals surface area contributed by atoms with E-state index in [2.05, 4.69) is 20.7 Å². The molecular weight excluding hydrogens is 326 g/mol. The minimum atomic E-state index is -0.384. The smallest absolute Gasteiger partial charge is 0.307 e. The number of nitrogens with zero attached hydrogens (tertiary/aromatic N) is 3. The number of nitrogens with one attached hydrogen (secondary N) is 2. The van der Waals surface area contributed by atoms with Crippen LogP contribution in [0.1, 0.15) is 11.1 Å². The van der Waals surface area contributed by atoms with Crippen LogP contribution in [0.5, 0.6) is 0 Å². The molecule has 3 aromatic rings. The van der Waals surface area contributed by atoms with E-state index in [0.717, 1.165) is 16.8 Å². The number of benzene rings is 2. The molecule has 0 saturated carbocycles. The van der Waals surface area contributed by atoms with Crippen molar-refractivity contribution in [1.29, 1.82) is 0 Å². The summed E-state index contributed by atoms with van der Waals surface area (Å²) in [5, 5.41) is 10.3. The molecule has 0 unspecified atom stereocenters. The predicted octanol–water partition coefficient (Wildman–Crippen LogP) is 3.93. The molecule has 0 saturated heterocycles. The number of aryl methyl sites for hydroxylation is 1. The molecule has 0 aliphatic heterocycles. The first-order valence-electron chi connectivity index (χ1n) is 7.38. The van der Waals surface area contributed by atoms with Crippen molar-refractivity contribution in [3.05, 3.63) is 71.0 Å². The Kier molecular flexibility index (Phi) is 4.77. The van der Waals surface area contributed by atoms with Gasteiger partial charge in [0.25, 0.3) is 0 Å². The maximum atomic E-state index is 12.0. The Labute approximate surface area is 144 Å². The Bertz CT molecular complexity index is 861. The zero-order valence-electron chi connectivity index (χ0n) is 13.0. The maximum absolute atomic E-state index is 12.0. The molecule has 2 N–H and O–H groups in total. The van der Waals surface area contributed by atoms with Gasteiger partial charge in [0.05, 0.1) is 6.54 Å². The molecule has 0 bridgehead atoms. The number of urea groups is 1. The first kappa shape index (κ1) is 16.0. The van der Waals surface area contributed by atoms with E-state index >= 15 is 0 Å². The van der Waals surface area contributed by atoms with E-state index in [1.54, 1.807) is 11.0 Å². The van der Waals surface area contributed by atoms with Crippen molar-refractivity contribution in [3.63, 3.8) is 0 Å². The van der Waals surface area contributed by atoms with E-state index in [0.29, 0.717) is 11.6 Å². The Morgan fingerprint density at radius 3 is 2.79 bits per heavy atom. The van der Waals surface area contributed by atoms with Gasteiger partial charge in [-0.3, -0.25) is 5.32 Å². The number of aromatic nitrogens is 3. The van der Waals surface area contributed by atoms with Crippen LogP contribution in [0.25, 0.3) is 0 Å². The van der Waals surface area contributed by atoms with Crippen molar-refractivity contribution in [2.45, 2.75) is 13.5 Å². The molecule has 6 nitrogen and oxygen atoms in total. The van der Waals surface area contributed by atoms with Gasteiger partial charge >= 0.3 is 6.03 Å². The molecule has 3 rings (SSSR count). The monoisotopic (exact) mass is 341 g/mol. The average molecular weight is 342 g/mol. The lowest BCUT2D eigenvalue weighted by Gasteiger charge is -2.07. The normalized spacial score (nSPS) is 10.4. The highest BCUT2D eigenvalue weighted by Crippen LogP contribution is 2.14. The van der Waals surface area contributed by atoms with Gasteiger partial charge in [0, 0.05) is 10.7 Å². The number of halogens is 1. The van der Waals surface area contributed by atoms with Gasteiger partial charge in [0.2, 0.25) is 5.95 Å². The number of para-hydroxylation sites is 1. The SMILES string of the molecule is Cc1ccccc1NC(=O)Nc1ncn(Cc2cccc(Cl)c2)n1. The van der Waals surface area contributed by atoms with Crippen LogP contribution in [0.2, 0.25) is 5.02 Å². The largest absolute Gasteiger partial charge is 0.326 e. The van der Waals surface area contributed by atoms with Crippen molar-refractivity contribution >= 4 is 29.3 Å². The summed E-state index contributed by atoms with van der Waals surface area (Å²) in [5.41, 5.74) is 2.73. The van der Waals surface area contributed by atoms with Gasteiger partial charge in [-0.05, 0) is 36.2 Å². The summed E-state index contributed by atoms with van der Waals surface area (Å²) in [6.45, 7) is 2.45. The van der Waals surface area contributed by atoms with E-state index in [4.69, 9.17) is 11.6 Å². The molecule has 0 fully saturated rings. The molecule has 2 aromatic carbocycles. The fraction of sp³-hybridized carbons (Fsp3) is 0.118. The second kappa shape index (κ2) is 7.14. The Balaban J connectivity index is 1.61. The first-order valence-corrected chi connectivity index (χ1v) is 7.75. The summed E-state index contributed by atoms with van der Waals surface area (Å²) in [7, 11) is 0. The minimum Gasteiger partial charge on any atom is -0.307 e. The van der Waals surface area contributed by atoms with Crippen molar-refractivity contribution in [2.75, 3.05) is 10.6 Å². The van der Waals surface area contributed by atoms with Crippen LogP contribution in [0.3, 0.4) is 0 Å². The average Bonchev–Trinajstić information content (AvgIpc) is 2.96. The number of anilines is 2. The molecule has 24 heavy (non-hydrogen) atoms. The van der Waals surface area contributed by atoms with Gasteiger partial charge in [-0.1, -0.05) is 41.9 Å². The molecule has 1 heterocycles. The highest BCUT2D eigenvalue weighted by atomic mass is 35.5. The van der Waals surface area contributed by atoms with Gasteiger partial charge < -0.3 is 5.32 Å². The molecule has 1 aromatic heterocycles. The number of carbonyl (C=O) groups excluding carboxylic acids is 1. The summed E-state index contributed by atoms with van der Waals surface area (Å²) in [6, 6.07) is 14.7. The third-order valence-corrected chi connectivity index (χ3v) is 3.62. The molecule has 0 radical (unpaired) electrons. The molecule has 7 heteroatoms. The molecule has 0 aliphatic carbocycles. The second-order valence-corrected chi connectivity index (χ2v) is 5.73. The van der Waals surface area contributed by atoms with Gasteiger partial charge in [-0.2, -0.15) is 0 Å². The van der Waals surface area contributed by atoms with Gasteiger partial charge in [-0.15, -0.1) is 5.10 Å². The Hall–Kier alpha value is -2.86. The number of rotatable bonds is 4. The highest BCUT2D eigenvalue weighted by molar-refractivity contribution is 6.30. The van der Waals surface area contributed by atoms with Crippen molar-refractivity contribution in [2.24, 2.45) is 0 Å². The number of hydrogen-bond donors (Lipinski definition) is 2. The maximum Gasteiger partial charge on any atom is 0.326 e. The highest BCUT2D eigenvalue weighted by Gasteiger charge is 2.08. The summed E-state index contributed by atoms with van der Waals surface area (Å²) < 4.78 is 1.63. The van der Waals surface area contributed by atoms with E-state index in [1.165, 1.54) is 0 Å². The van der Waals surface area contributed by atoms with E-state index in [-0.39, 0.29) is 12.0 Å². The van der Waals surface area contributed by atoms with Gasteiger partial charge in [-0.25, -0.2) is 14.5 Å². The lowest BCUT2D eigenvalue weighted by molar-refractivity contribution is 0.262. The van der Waals surface area contributed by atoms with Crippen molar-refractivity contribution < 1.29 is 4.79 Å².